The Morgan fingerprint density at radius 2 is 2.19 bits per heavy atom. The fourth-order valence-corrected chi connectivity index (χ4v) is 3.06. The minimum Gasteiger partial charge on any atom is -0.351 e. The summed E-state index contributed by atoms with van der Waals surface area (Å²) in [6.45, 7) is 4.61. The number of aromatic nitrogens is 5. The first-order chi connectivity index (χ1) is 10.0. The lowest BCUT2D eigenvalue weighted by Crippen LogP contribution is -2.32. The largest absolute Gasteiger partial charge is 0.351 e. The van der Waals surface area contributed by atoms with E-state index in [1.807, 2.05) is 0 Å². The molecule has 0 bridgehead atoms. The number of hydrogen-bond donors (Lipinski definition) is 1. The maximum Gasteiger partial charge on any atom is 0.241 e. The second-order valence-electron chi connectivity index (χ2n) is 6.30. The zero-order valence-electron chi connectivity index (χ0n) is 12.3. The van der Waals surface area contributed by atoms with E-state index >= 15 is 0 Å². The normalized spacial score (nSPS) is 21.2. The summed E-state index contributed by atoms with van der Waals surface area (Å²) in [5.41, 5.74) is 0.361. The van der Waals surface area contributed by atoms with E-state index in [0.29, 0.717) is 23.4 Å². The van der Waals surface area contributed by atoms with Gasteiger partial charge in [-0.25, -0.2) is 4.98 Å². The summed E-state index contributed by atoms with van der Waals surface area (Å²) < 4.78 is 1.71. The Morgan fingerprint density at radius 3 is 2.90 bits per heavy atom. The third-order valence-electron chi connectivity index (χ3n) is 3.87. The quantitative estimate of drug-likeness (QED) is 0.943. The van der Waals surface area contributed by atoms with Gasteiger partial charge in [0.05, 0.1) is 0 Å². The summed E-state index contributed by atoms with van der Waals surface area (Å²) in [4.78, 5) is 16.7. The van der Waals surface area contributed by atoms with Gasteiger partial charge in [-0.1, -0.05) is 20.3 Å². The van der Waals surface area contributed by atoms with Crippen LogP contribution in [-0.4, -0.2) is 30.5 Å². The predicted octanol–water partition coefficient (Wildman–Crippen LogP) is 3.09. The smallest absolute Gasteiger partial charge is 0.241 e. The van der Waals surface area contributed by atoms with Crippen molar-refractivity contribution in [2.75, 3.05) is 5.32 Å². The van der Waals surface area contributed by atoms with Crippen LogP contribution in [0.15, 0.2) is 18.7 Å². The Kier molecular flexibility index (Phi) is 3.80. The van der Waals surface area contributed by atoms with Crippen molar-refractivity contribution in [3.8, 4) is 5.95 Å². The van der Waals surface area contributed by atoms with Crippen LogP contribution in [0.25, 0.3) is 5.95 Å². The third-order valence-corrected chi connectivity index (χ3v) is 4.04. The molecule has 112 valence electrons. The van der Waals surface area contributed by atoms with Gasteiger partial charge >= 0.3 is 0 Å². The standard InChI is InChI=1S/C14H19ClN6/c1-14(2)5-3-4-10(8-14)17-12-18-11(15)19-13(20-12)21-7-6-16-9-21/h6-7,9-10H,3-5,8H2,1-2H3,(H,17,18,19,20). The predicted molar refractivity (Wildman–Crippen MR) is 81.6 cm³/mol. The van der Waals surface area contributed by atoms with E-state index < -0.39 is 0 Å². The molecule has 1 aliphatic carbocycles. The van der Waals surface area contributed by atoms with Crippen LogP contribution in [0.5, 0.6) is 0 Å². The number of halogens is 1. The van der Waals surface area contributed by atoms with Gasteiger partial charge in [0.2, 0.25) is 17.2 Å². The van der Waals surface area contributed by atoms with Gasteiger partial charge in [0.25, 0.3) is 0 Å². The minimum absolute atomic E-state index is 0.186. The van der Waals surface area contributed by atoms with Crippen LogP contribution in [0.1, 0.15) is 39.5 Å². The number of hydrogen-bond acceptors (Lipinski definition) is 5. The molecular formula is C14H19ClN6. The molecule has 21 heavy (non-hydrogen) atoms. The molecule has 1 fully saturated rings. The summed E-state index contributed by atoms with van der Waals surface area (Å²) in [7, 11) is 0. The second kappa shape index (κ2) is 5.60. The Balaban J connectivity index is 1.79. The molecule has 0 amide bonds. The van der Waals surface area contributed by atoms with E-state index in [-0.39, 0.29) is 5.28 Å². The molecule has 1 aliphatic rings. The van der Waals surface area contributed by atoms with Crippen LogP contribution < -0.4 is 5.32 Å². The van der Waals surface area contributed by atoms with E-state index in [2.05, 4.69) is 39.1 Å². The van der Waals surface area contributed by atoms with Gasteiger partial charge < -0.3 is 5.32 Å². The van der Waals surface area contributed by atoms with Crippen molar-refractivity contribution in [3.63, 3.8) is 0 Å². The van der Waals surface area contributed by atoms with Crippen LogP contribution in [0.2, 0.25) is 5.28 Å². The van der Waals surface area contributed by atoms with Crippen LogP contribution >= 0.6 is 11.6 Å². The minimum atomic E-state index is 0.186. The molecule has 1 N–H and O–H groups in total. The van der Waals surface area contributed by atoms with Crippen molar-refractivity contribution in [3.05, 3.63) is 24.0 Å². The van der Waals surface area contributed by atoms with Crippen molar-refractivity contribution >= 4 is 17.5 Å². The number of nitrogens with zero attached hydrogens (tertiary/aromatic N) is 5. The van der Waals surface area contributed by atoms with Gasteiger partial charge in [-0.05, 0) is 36.3 Å². The molecule has 1 atom stereocenters. The zero-order valence-corrected chi connectivity index (χ0v) is 13.0. The highest BCUT2D eigenvalue weighted by Crippen LogP contribution is 2.36. The fraction of sp³-hybridized carbons (Fsp3) is 0.571. The van der Waals surface area contributed by atoms with Crippen molar-refractivity contribution in [2.24, 2.45) is 5.41 Å². The molecule has 0 saturated heterocycles. The van der Waals surface area contributed by atoms with E-state index in [1.165, 1.54) is 12.8 Å². The molecular weight excluding hydrogens is 288 g/mol. The third kappa shape index (κ3) is 3.50. The van der Waals surface area contributed by atoms with Gasteiger partial charge in [-0.15, -0.1) is 0 Å². The molecule has 2 heterocycles. The summed E-state index contributed by atoms with van der Waals surface area (Å²) in [5, 5.41) is 3.59. The van der Waals surface area contributed by atoms with E-state index in [1.54, 1.807) is 23.3 Å². The Bertz CT molecular complexity index is 610. The van der Waals surface area contributed by atoms with Crippen LogP contribution in [-0.2, 0) is 0 Å². The lowest BCUT2D eigenvalue weighted by atomic mass is 9.75. The second-order valence-corrected chi connectivity index (χ2v) is 6.64. The van der Waals surface area contributed by atoms with Crippen LogP contribution in [0.4, 0.5) is 5.95 Å². The van der Waals surface area contributed by atoms with Crippen molar-refractivity contribution in [1.82, 2.24) is 24.5 Å². The molecule has 6 nitrogen and oxygen atoms in total. The van der Waals surface area contributed by atoms with Gasteiger partial charge in [-0.3, -0.25) is 4.57 Å². The zero-order chi connectivity index (χ0) is 14.9. The molecule has 1 unspecified atom stereocenters. The number of rotatable bonds is 3. The highest BCUT2D eigenvalue weighted by Gasteiger charge is 2.28. The van der Waals surface area contributed by atoms with Crippen molar-refractivity contribution in [1.29, 1.82) is 0 Å². The summed E-state index contributed by atoms with van der Waals surface area (Å²) in [6.07, 6.45) is 9.82. The molecule has 2 aromatic heterocycles. The first kappa shape index (κ1) is 14.3. The Morgan fingerprint density at radius 1 is 1.33 bits per heavy atom. The highest BCUT2D eigenvalue weighted by molar-refractivity contribution is 6.28. The van der Waals surface area contributed by atoms with E-state index in [4.69, 9.17) is 11.6 Å². The molecule has 0 spiro atoms. The monoisotopic (exact) mass is 306 g/mol. The summed E-state index contributed by atoms with van der Waals surface area (Å²) >= 11 is 6.00. The Hall–Kier alpha value is -1.69. The van der Waals surface area contributed by atoms with E-state index in [9.17, 15) is 0 Å². The first-order valence-electron chi connectivity index (χ1n) is 7.18. The van der Waals surface area contributed by atoms with Gasteiger partial charge in [-0.2, -0.15) is 15.0 Å². The molecule has 2 aromatic rings. The van der Waals surface area contributed by atoms with Gasteiger partial charge in [0.15, 0.2) is 0 Å². The summed E-state index contributed by atoms with van der Waals surface area (Å²) in [6, 6.07) is 0.378. The lowest BCUT2D eigenvalue weighted by molar-refractivity contribution is 0.229. The molecule has 0 radical (unpaired) electrons. The molecule has 0 aromatic carbocycles. The number of anilines is 1. The average Bonchev–Trinajstić information content (AvgIpc) is 2.90. The topological polar surface area (TPSA) is 68.5 Å². The number of nitrogens with one attached hydrogen (secondary N) is 1. The maximum absolute atomic E-state index is 6.00. The van der Waals surface area contributed by atoms with Crippen LogP contribution in [0.3, 0.4) is 0 Å². The molecule has 3 rings (SSSR count). The summed E-state index contributed by atoms with van der Waals surface area (Å²) in [5.74, 6) is 1.01. The molecule has 7 heteroatoms. The lowest BCUT2D eigenvalue weighted by Gasteiger charge is -2.35. The fourth-order valence-electron chi connectivity index (χ4n) is 2.90. The first-order valence-corrected chi connectivity index (χ1v) is 7.56. The number of imidazole rings is 1. The van der Waals surface area contributed by atoms with Gasteiger partial charge in [0, 0.05) is 18.4 Å². The maximum atomic E-state index is 6.00. The average molecular weight is 307 g/mol. The molecule has 1 saturated carbocycles. The van der Waals surface area contributed by atoms with Gasteiger partial charge in [0.1, 0.15) is 6.33 Å². The molecule has 0 aliphatic heterocycles. The Labute approximate surface area is 129 Å². The highest BCUT2D eigenvalue weighted by atomic mass is 35.5. The van der Waals surface area contributed by atoms with Crippen molar-refractivity contribution in [2.45, 2.75) is 45.6 Å². The van der Waals surface area contributed by atoms with Crippen LogP contribution in [0, 0.1) is 5.41 Å². The SMILES string of the molecule is CC1(C)CCCC(Nc2nc(Cl)nc(-n3ccnc3)n2)C1. The van der Waals surface area contributed by atoms with Crippen molar-refractivity contribution < 1.29 is 0 Å². The van der Waals surface area contributed by atoms with E-state index in [0.717, 1.165) is 12.8 Å².